The summed E-state index contributed by atoms with van der Waals surface area (Å²) in [5.41, 5.74) is 0.699. The van der Waals surface area contributed by atoms with E-state index in [-0.39, 0.29) is 0 Å². The van der Waals surface area contributed by atoms with Crippen molar-refractivity contribution < 1.29 is 0 Å². The average molecular weight is 111 g/mol. The van der Waals surface area contributed by atoms with Crippen molar-refractivity contribution in [2.75, 3.05) is 0 Å². The Labute approximate surface area is 46.3 Å². The van der Waals surface area contributed by atoms with Crippen LogP contribution in [0.15, 0.2) is 11.8 Å². The van der Waals surface area contributed by atoms with E-state index in [1.807, 2.05) is 6.07 Å². The highest BCUT2D eigenvalue weighted by atomic mass is 32.2. The molecule has 1 heterocycles. The quantitative estimate of drug-likeness (QED) is 0.470. The highest BCUT2D eigenvalue weighted by Crippen LogP contribution is 2.15. The maximum absolute atomic E-state index is 8.16. The molecule has 1 N–H and O–H groups in total. The van der Waals surface area contributed by atoms with Crippen molar-refractivity contribution in [2.45, 2.75) is 0 Å². The van der Waals surface area contributed by atoms with E-state index < -0.39 is 0 Å². The predicted molar refractivity (Wildman–Crippen MR) is 28.7 cm³/mol. The molecule has 1 radical (unpaired) electrons. The van der Waals surface area contributed by atoms with Crippen LogP contribution in [0.4, 0.5) is 0 Å². The number of nitrogens with one attached hydrogen (secondary N) is 1. The minimum absolute atomic E-state index is 0.699. The van der Waals surface area contributed by atoms with Crippen molar-refractivity contribution in [2.24, 2.45) is 0 Å². The van der Waals surface area contributed by atoms with E-state index in [0.717, 1.165) is 0 Å². The lowest BCUT2D eigenvalue weighted by Gasteiger charge is -1.77. The average Bonchev–Trinajstić information content (AvgIpc) is 2.14. The summed E-state index contributed by atoms with van der Waals surface area (Å²) in [6.45, 7) is 0. The monoisotopic (exact) mass is 111 g/mol. The Kier molecular flexibility index (Phi) is 1.23. The van der Waals surface area contributed by atoms with Gasteiger partial charge in [-0.1, -0.05) is 0 Å². The molecule has 0 saturated heterocycles. The van der Waals surface area contributed by atoms with Crippen LogP contribution in [0.1, 0.15) is 0 Å². The molecular formula is C4H3N2S. The zero-order valence-electron chi connectivity index (χ0n) is 3.51. The molecule has 0 bridgehead atoms. The molecule has 0 aromatic heterocycles. The molecular weight excluding hydrogens is 108 g/mol. The maximum Gasteiger partial charge on any atom is 0.0975 e. The van der Waals surface area contributed by atoms with E-state index in [2.05, 4.69) is 4.72 Å². The van der Waals surface area contributed by atoms with Gasteiger partial charge in [-0.2, -0.15) is 5.26 Å². The standard InChI is InChI=1S/C4H3N2S/c5-1-4-2-6-7-3-4/h2-3,6H. The van der Waals surface area contributed by atoms with Gasteiger partial charge in [-0.3, -0.25) is 0 Å². The zero-order chi connectivity index (χ0) is 5.11. The number of nitrogens with zero attached hydrogens (tertiary/aromatic N) is 1. The second-order valence-corrected chi connectivity index (χ2v) is 1.77. The van der Waals surface area contributed by atoms with Crippen LogP contribution in [-0.4, -0.2) is 0 Å². The van der Waals surface area contributed by atoms with Gasteiger partial charge in [-0.25, -0.2) is 0 Å². The van der Waals surface area contributed by atoms with Crippen LogP contribution < -0.4 is 4.72 Å². The molecule has 0 aromatic rings. The summed E-state index contributed by atoms with van der Waals surface area (Å²) in [5, 5.41) is 8.16. The Hall–Kier alpha value is -0.620. The smallest absolute Gasteiger partial charge is 0.0975 e. The van der Waals surface area contributed by atoms with Crippen LogP contribution in [0.2, 0.25) is 0 Å². The lowest BCUT2D eigenvalue weighted by molar-refractivity contribution is 1.41. The second-order valence-electron chi connectivity index (χ2n) is 1.07. The van der Waals surface area contributed by atoms with Crippen molar-refractivity contribution >= 4 is 11.9 Å². The van der Waals surface area contributed by atoms with Crippen LogP contribution in [-0.2, 0) is 0 Å². The fraction of sp³-hybridized carbons (Fsp3) is 0. The molecule has 1 aliphatic heterocycles. The topological polar surface area (TPSA) is 35.8 Å². The van der Waals surface area contributed by atoms with Gasteiger partial charge in [-0.15, -0.1) is 0 Å². The first kappa shape index (κ1) is 4.54. The predicted octanol–water partition coefficient (Wildman–Crippen LogP) is 0.807. The van der Waals surface area contributed by atoms with Gasteiger partial charge >= 0.3 is 0 Å². The van der Waals surface area contributed by atoms with Crippen LogP contribution in [0.3, 0.4) is 0 Å². The molecule has 3 heteroatoms. The van der Waals surface area contributed by atoms with Gasteiger partial charge in [-0.05, 0) is 11.9 Å². The molecule has 0 aromatic carbocycles. The van der Waals surface area contributed by atoms with Gasteiger partial charge in [0.05, 0.1) is 17.4 Å². The van der Waals surface area contributed by atoms with Crippen LogP contribution in [0.5, 0.6) is 0 Å². The van der Waals surface area contributed by atoms with Gasteiger partial charge in [0.2, 0.25) is 0 Å². The van der Waals surface area contributed by atoms with Crippen molar-refractivity contribution in [3.63, 3.8) is 0 Å². The highest BCUT2D eigenvalue weighted by molar-refractivity contribution is 8.00. The van der Waals surface area contributed by atoms with E-state index in [1.165, 1.54) is 11.9 Å². The van der Waals surface area contributed by atoms with E-state index in [1.54, 1.807) is 12.0 Å². The van der Waals surface area contributed by atoms with E-state index >= 15 is 0 Å². The second kappa shape index (κ2) is 1.90. The van der Waals surface area contributed by atoms with Crippen LogP contribution in [0.25, 0.3) is 0 Å². The van der Waals surface area contributed by atoms with E-state index in [9.17, 15) is 0 Å². The summed E-state index contributed by atoms with van der Waals surface area (Å²) in [7, 11) is 0. The maximum atomic E-state index is 8.16. The molecule has 2 nitrogen and oxygen atoms in total. The zero-order valence-corrected chi connectivity index (χ0v) is 4.33. The summed E-state index contributed by atoms with van der Waals surface area (Å²) >= 11 is 1.42. The molecule has 0 unspecified atom stereocenters. The summed E-state index contributed by atoms with van der Waals surface area (Å²) in [6.07, 6.45) is 1.67. The molecule has 35 valence electrons. The summed E-state index contributed by atoms with van der Waals surface area (Å²) in [5.74, 6) is 1.76. The lowest BCUT2D eigenvalue weighted by Crippen LogP contribution is -1.78. The third-order valence-electron chi connectivity index (χ3n) is 0.597. The van der Waals surface area contributed by atoms with Crippen LogP contribution in [0, 0.1) is 17.1 Å². The van der Waals surface area contributed by atoms with Gasteiger partial charge in [0.15, 0.2) is 0 Å². The minimum Gasteiger partial charge on any atom is -0.335 e. The molecule has 1 aliphatic rings. The molecule has 1 rings (SSSR count). The Morgan fingerprint density at radius 2 is 2.71 bits per heavy atom. The first-order valence-corrected chi connectivity index (χ1v) is 2.66. The van der Waals surface area contributed by atoms with Gasteiger partial charge in [0.1, 0.15) is 0 Å². The number of hydrogen-bond acceptors (Lipinski definition) is 3. The van der Waals surface area contributed by atoms with Crippen molar-refractivity contribution in [1.29, 1.82) is 5.26 Å². The molecule has 0 atom stereocenters. The Morgan fingerprint density at radius 3 is 3.00 bits per heavy atom. The fourth-order valence-electron chi connectivity index (χ4n) is 0.288. The van der Waals surface area contributed by atoms with Gasteiger partial charge in [0.25, 0.3) is 0 Å². The van der Waals surface area contributed by atoms with Crippen molar-refractivity contribution in [3.05, 3.63) is 17.5 Å². The normalized spacial score (nSPS) is 17.3. The summed E-state index contributed by atoms with van der Waals surface area (Å²) in [4.78, 5) is 0. The van der Waals surface area contributed by atoms with Crippen molar-refractivity contribution in [3.8, 4) is 6.07 Å². The Bertz CT molecular complexity index is 133. The first-order valence-electron chi connectivity index (χ1n) is 1.78. The van der Waals surface area contributed by atoms with Gasteiger partial charge < -0.3 is 4.72 Å². The van der Waals surface area contributed by atoms with Gasteiger partial charge in [0, 0.05) is 6.20 Å². The minimum atomic E-state index is 0.699. The van der Waals surface area contributed by atoms with E-state index in [0.29, 0.717) is 5.57 Å². The lowest BCUT2D eigenvalue weighted by atomic mass is 10.4. The van der Waals surface area contributed by atoms with E-state index in [4.69, 9.17) is 5.26 Å². The summed E-state index contributed by atoms with van der Waals surface area (Å²) < 4.78 is 2.80. The van der Waals surface area contributed by atoms with Crippen LogP contribution >= 0.6 is 11.9 Å². The molecule has 0 aliphatic carbocycles. The first-order chi connectivity index (χ1) is 3.43. The third-order valence-corrected chi connectivity index (χ3v) is 1.22. The largest absolute Gasteiger partial charge is 0.335 e. The molecule has 7 heavy (non-hydrogen) atoms. The molecule has 0 spiro atoms. The Balaban J connectivity index is 2.57. The number of hydrogen-bond donors (Lipinski definition) is 1. The van der Waals surface area contributed by atoms with Crippen molar-refractivity contribution in [1.82, 2.24) is 4.72 Å². The molecule has 0 saturated carbocycles. The highest BCUT2D eigenvalue weighted by Gasteiger charge is 2.00. The molecule has 0 amide bonds. The summed E-state index contributed by atoms with van der Waals surface area (Å²) in [6, 6.07) is 1.99. The number of nitriles is 1. The third kappa shape index (κ3) is 0.875. The number of rotatable bonds is 0. The Morgan fingerprint density at radius 1 is 1.86 bits per heavy atom. The fourth-order valence-corrected chi connectivity index (χ4v) is 0.798. The molecule has 0 fully saturated rings. The SMILES string of the molecule is N#CC1=CNS[CH]1.